The Morgan fingerprint density at radius 2 is 2.17 bits per heavy atom. The Morgan fingerprint density at radius 1 is 1.33 bits per heavy atom. The highest BCUT2D eigenvalue weighted by Gasteiger charge is 2.08. The second-order valence-corrected chi connectivity index (χ2v) is 4.74. The van der Waals surface area contributed by atoms with Crippen molar-refractivity contribution in [3.8, 4) is 11.4 Å². The Labute approximate surface area is 107 Å². The van der Waals surface area contributed by atoms with Gasteiger partial charge in [-0.25, -0.2) is 0 Å². The van der Waals surface area contributed by atoms with Crippen LogP contribution in [0.25, 0.3) is 11.4 Å². The Morgan fingerprint density at radius 3 is 2.89 bits per heavy atom. The molecule has 0 radical (unpaired) electrons. The van der Waals surface area contributed by atoms with E-state index in [4.69, 9.17) is 4.52 Å². The van der Waals surface area contributed by atoms with Crippen LogP contribution in [0.3, 0.4) is 0 Å². The molecular weight excluding hydrogens is 226 g/mol. The molecule has 4 heteroatoms. The van der Waals surface area contributed by atoms with Gasteiger partial charge in [-0.1, -0.05) is 42.8 Å². The first-order chi connectivity index (χ1) is 8.65. The van der Waals surface area contributed by atoms with Crippen molar-refractivity contribution in [2.45, 2.75) is 33.2 Å². The van der Waals surface area contributed by atoms with Crippen molar-refractivity contribution in [3.63, 3.8) is 0 Å². The molecule has 0 atom stereocenters. The zero-order chi connectivity index (χ0) is 13.0. The minimum Gasteiger partial charge on any atom is -0.339 e. The standard InChI is InChI=1S/C14H19N3O/c1-10(2)15-8-7-13-16-14(17-18-13)12-6-4-5-11(3)9-12/h4-6,9-10,15H,7-8H2,1-3H3. The van der Waals surface area contributed by atoms with E-state index in [1.54, 1.807) is 0 Å². The van der Waals surface area contributed by atoms with Crippen molar-refractivity contribution in [1.29, 1.82) is 0 Å². The van der Waals surface area contributed by atoms with Gasteiger partial charge in [-0.05, 0) is 13.0 Å². The second kappa shape index (κ2) is 5.78. The first-order valence-electron chi connectivity index (χ1n) is 6.28. The first-order valence-corrected chi connectivity index (χ1v) is 6.28. The van der Waals surface area contributed by atoms with E-state index in [-0.39, 0.29) is 0 Å². The molecule has 96 valence electrons. The maximum Gasteiger partial charge on any atom is 0.228 e. The van der Waals surface area contributed by atoms with Gasteiger partial charge in [0.15, 0.2) is 0 Å². The molecule has 2 aromatic rings. The average molecular weight is 245 g/mol. The van der Waals surface area contributed by atoms with E-state index in [2.05, 4.69) is 48.4 Å². The number of benzene rings is 1. The molecule has 0 saturated heterocycles. The Hall–Kier alpha value is -1.68. The van der Waals surface area contributed by atoms with Crippen molar-refractivity contribution in [1.82, 2.24) is 15.5 Å². The fourth-order valence-electron chi connectivity index (χ4n) is 1.73. The highest BCUT2D eigenvalue weighted by Crippen LogP contribution is 2.16. The van der Waals surface area contributed by atoms with E-state index >= 15 is 0 Å². The molecule has 0 bridgehead atoms. The average Bonchev–Trinajstić information content (AvgIpc) is 2.77. The molecule has 0 aliphatic carbocycles. The van der Waals surface area contributed by atoms with E-state index in [1.807, 2.05) is 12.1 Å². The fourth-order valence-corrected chi connectivity index (χ4v) is 1.73. The summed E-state index contributed by atoms with van der Waals surface area (Å²) in [5.41, 5.74) is 2.20. The zero-order valence-corrected chi connectivity index (χ0v) is 11.1. The van der Waals surface area contributed by atoms with Crippen LogP contribution >= 0.6 is 0 Å². The lowest BCUT2D eigenvalue weighted by molar-refractivity contribution is 0.374. The molecule has 1 heterocycles. The summed E-state index contributed by atoms with van der Waals surface area (Å²) < 4.78 is 5.24. The highest BCUT2D eigenvalue weighted by atomic mass is 16.5. The van der Waals surface area contributed by atoms with Crippen LogP contribution in [0.4, 0.5) is 0 Å². The van der Waals surface area contributed by atoms with Crippen LogP contribution in [0.2, 0.25) is 0 Å². The minimum absolute atomic E-state index is 0.476. The number of hydrogen-bond donors (Lipinski definition) is 1. The summed E-state index contributed by atoms with van der Waals surface area (Å²) in [7, 11) is 0. The molecule has 2 rings (SSSR count). The van der Waals surface area contributed by atoms with E-state index in [1.165, 1.54) is 5.56 Å². The van der Waals surface area contributed by atoms with Gasteiger partial charge >= 0.3 is 0 Å². The Kier molecular flexibility index (Phi) is 4.10. The highest BCUT2D eigenvalue weighted by molar-refractivity contribution is 5.55. The van der Waals surface area contributed by atoms with Crippen LogP contribution in [0.15, 0.2) is 28.8 Å². The maximum absolute atomic E-state index is 5.24. The molecule has 1 aromatic carbocycles. The van der Waals surface area contributed by atoms with Crippen molar-refractivity contribution in [2.75, 3.05) is 6.54 Å². The summed E-state index contributed by atoms with van der Waals surface area (Å²) in [6.45, 7) is 7.14. The summed E-state index contributed by atoms with van der Waals surface area (Å²) in [4.78, 5) is 4.40. The van der Waals surface area contributed by atoms with Gasteiger partial charge in [0, 0.05) is 24.6 Å². The van der Waals surface area contributed by atoms with Gasteiger partial charge in [-0.15, -0.1) is 0 Å². The van der Waals surface area contributed by atoms with Gasteiger partial charge in [0.2, 0.25) is 11.7 Å². The number of aryl methyl sites for hydroxylation is 1. The van der Waals surface area contributed by atoms with Crippen molar-refractivity contribution in [2.24, 2.45) is 0 Å². The molecule has 0 spiro atoms. The SMILES string of the molecule is Cc1cccc(-c2noc(CCNC(C)C)n2)c1. The van der Waals surface area contributed by atoms with Crippen LogP contribution in [0.5, 0.6) is 0 Å². The van der Waals surface area contributed by atoms with Gasteiger partial charge in [0.1, 0.15) is 0 Å². The third kappa shape index (κ3) is 3.40. The largest absolute Gasteiger partial charge is 0.339 e. The number of nitrogens with zero attached hydrogens (tertiary/aromatic N) is 2. The predicted octanol–water partition coefficient (Wildman–Crippen LogP) is 2.59. The fraction of sp³-hybridized carbons (Fsp3) is 0.429. The molecule has 0 amide bonds. The lowest BCUT2D eigenvalue weighted by Crippen LogP contribution is -2.25. The third-order valence-corrected chi connectivity index (χ3v) is 2.64. The number of nitrogens with one attached hydrogen (secondary N) is 1. The molecule has 0 saturated carbocycles. The van der Waals surface area contributed by atoms with Crippen molar-refractivity contribution in [3.05, 3.63) is 35.7 Å². The topological polar surface area (TPSA) is 51.0 Å². The predicted molar refractivity (Wildman–Crippen MR) is 71.3 cm³/mol. The van der Waals surface area contributed by atoms with Crippen LogP contribution in [-0.2, 0) is 6.42 Å². The summed E-state index contributed by atoms with van der Waals surface area (Å²) in [5, 5.41) is 7.34. The molecule has 0 fully saturated rings. The molecule has 4 nitrogen and oxygen atoms in total. The molecular formula is C14H19N3O. The number of aromatic nitrogens is 2. The third-order valence-electron chi connectivity index (χ3n) is 2.64. The monoisotopic (exact) mass is 245 g/mol. The van der Waals surface area contributed by atoms with Gasteiger partial charge < -0.3 is 9.84 Å². The van der Waals surface area contributed by atoms with Crippen LogP contribution in [0.1, 0.15) is 25.3 Å². The summed E-state index contributed by atoms with van der Waals surface area (Å²) in [6, 6.07) is 8.58. The van der Waals surface area contributed by atoms with E-state index in [0.29, 0.717) is 17.8 Å². The van der Waals surface area contributed by atoms with E-state index < -0.39 is 0 Å². The molecule has 18 heavy (non-hydrogen) atoms. The first kappa shape index (κ1) is 12.8. The van der Waals surface area contributed by atoms with E-state index in [9.17, 15) is 0 Å². The number of rotatable bonds is 5. The van der Waals surface area contributed by atoms with Crippen LogP contribution < -0.4 is 5.32 Å². The normalized spacial score (nSPS) is 11.1. The van der Waals surface area contributed by atoms with Crippen LogP contribution in [0, 0.1) is 6.92 Å². The van der Waals surface area contributed by atoms with Gasteiger partial charge in [0.25, 0.3) is 0 Å². The van der Waals surface area contributed by atoms with Gasteiger partial charge in [-0.3, -0.25) is 0 Å². The molecule has 1 aromatic heterocycles. The smallest absolute Gasteiger partial charge is 0.228 e. The van der Waals surface area contributed by atoms with E-state index in [0.717, 1.165) is 18.5 Å². The summed E-state index contributed by atoms with van der Waals surface area (Å²) >= 11 is 0. The van der Waals surface area contributed by atoms with Gasteiger partial charge in [-0.2, -0.15) is 4.98 Å². The Bertz CT molecular complexity index is 505. The van der Waals surface area contributed by atoms with Gasteiger partial charge in [0.05, 0.1) is 0 Å². The molecule has 1 N–H and O–H groups in total. The lowest BCUT2D eigenvalue weighted by Gasteiger charge is -2.04. The maximum atomic E-state index is 5.24. The molecule has 0 aliphatic rings. The Balaban J connectivity index is 2.02. The van der Waals surface area contributed by atoms with Crippen molar-refractivity contribution < 1.29 is 4.52 Å². The zero-order valence-electron chi connectivity index (χ0n) is 11.1. The summed E-state index contributed by atoms with van der Waals surface area (Å²) in [5.74, 6) is 1.35. The van der Waals surface area contributed by atoms with Crippen LogP contribution in [-0.4, -0.2) is 22.7 Å². The lowest BCUT2D eigenvalue weighted by atomic mass is 10.1. The second-order valence-electron chi connectivity index (χ2n) is 4.74. The number of hydrogen-bond acceptors (Lipinski definition) is 4. The quantitative estimate of drug-likeness (QED) is 0.879. The minimum atomic E-state index is 0.476. The molecule has 0 aliphatic heterocycles. The van der Waals surface area contributed by atoms with Crippen molar-refractivity contribution >= 4 is 0 Å². The summed E-state index contributed by atoms with van der Waals surface area (Å²) in [6.07, 6.45) is 0.761. The molecule has 0 unspecified atom stereocenters.